The van der Waals surface area contributed by atoms with E-state index in [-0.39, 0.29) is 10.6 Å². The van der Waals surface area contributed by atoms with Crippen molar-refractivity contribution in [3.8, 4) is 5.75 Å². The van der Waals surface area contributed by atoms with Gasteiger partial charge in [-0.25, -0.2) is 0 Å². The molecule has 0 saturated carbocycles. The zero-order chi connectivity index (χ0) is 14.0. The summed E-state index contributed by atoms with van der Waals surface area (Å²) in [5, 5.41) is 10.8. The van der Waals surface area contributed by atoms with Crippen molar-refractivity contribution in [2.24, 2.45) is 0 Å². The predicted octanol–water partition coefficient (Wildman–Crippen LogP) is 4.61. The standard InChI is InChI=1S/C13H12BrNO3S/c1-8-6-12(9(2)5-11(8)15(16)17)18-7-10-3-4-13(14)19-10/h3-6H,7H2,1-2H3. The fourth-order valence-electron chi connectivity index (χ4n) is 1.70. The molecule has 100 valence electrons. The SMILES string of the molecule is Cc1cc([N+](=O)[O-])c(C)cc1OCc1ccc(Br)s1. The lowest BCUT2D eigenvalue weighted by Crippen LogP contribution is -1.98. The quantitative estimate of drug-likeness (QED) is 0.602. The van der Waals surface area contributed by atoms with Crippen molar-refractivity contribution in [3.63, 3.8) is 0 Å². The highest BCUT2D eigenvalue weighted by Gasteiger charge is 2.14. The summed E-state index contributed by atoms with van der Waals surface area (Å²) in [4.78, 5) is 11.6. The number of benzene rings is 1. The average molecular weight is 342 g/mol. The van der Waals surface area contributed by atoms with E-state index in [2.05, 4.69) is 15.9 Å². The Hall–Kier alpha value is -1.40. The van der Waals surface area contributed by atoms with Gasteiger partial charge in [-0.15, -0.1) is 11.3 Å². The molecular formula is C13H12BrNO3S. The molecule has 0 N–H and O–H groups in total. The summed E-state index contributed by atoms with van der Waals surface area (Å²) in [5.74, 6) is 0.688. The largest absolute Gasteiger partial charge is 0.488 e. The first-order valence-corrected chi connectivity index (χ1v) is 7.21. The Bertz CT molecular complexity index is 624. The fourth-order valence-corrected chi connectivity index (χ4v) is 3.10. The minimum absolute atomic E-state index is 0.128. The Morgan fingerprint density at radius 3 is 2.63 bits per heavy atom. The molecule has 0 amide bonds. The summed E-state index contributed by atoms with van der Waals surface area (Å²) in [6, 6.07) is 7.23. The number of ether oxygens (including phenoxy) is 1. The molecule has 0 atom stereocenters. The number of hydrogen-bond donors (Lipinski definition) is 0. The molecular weight excluding hydrogens is 330 g/mol. The molecule has 0 spiro atoms. The third-order valence-electron chi connectivity index (χ3n) is 2.69. The van der Waals surface area contributed by atoms with Crippen LogP contribution in [-0.4, -0.2) is 4.92 Å². The maximum Gasteiger partial charge on any atom is 0.272 e. The second-order valence-electron chi connectivity index (χ2n) is 4.16. The second-order valence-corrected chi connectivity index (χ2v) is 6.70. The highest BCUT2D eigenvalue weighted by Crippen LogP contribution is 2.29. The van der Waals surface area contributed by atoms with E-state index >= 15 is 0 Å². The first-order chi connectivity index (χ1) is 8.97. The third kappa shape index (κ3) is 3.33. The summed E-state index contributed by atoms with van der Waals surface area (Å²) in [6.45, 7) is 3.99. The number of nitro groups is 1. The fraction of sp³-hybridized carbons (Fsp3) is 0.231. The second kappa shape index (κ2) is 5.71. The number of hydrogen-bond acceptors (Lipinski definition) is 4. The predicted molar refractivity (Wildman–Crippen MR) is 78.9 cm³/mol. The molecule has 1 aromatic heterocycles. The van der Waals surface area contributed by atoms with Gasteiger partial charge in [0, 0.05) is 16.5 Å². The number of nitrogens with zero attached hydrogens (tertiary/aromatic N) is 1. The van der Waals surface area contributed by atoms with Crippen molar-refractivity contribution in [1.29, 1.82) is 0 Å². The molecule has 0 saturated heterocycles. The molecule has 2 rings (SSSR count). The lowest BCUT2D eigenvalue weighted by atomic mass is 10.1. The maximum atomic E-state index is 10.8. The van der Waals surface area contributed by atoms with E-state index < -0.39 is 0 Å². The van der Waals surface area contributed by atoms with Crippen molar-refractivity contribution in [3.05, 3.63) is 54.2 Å². The van der Waals surface area contributed by atoms with Gasteiger partial charge in [0.2, 0.25) is 0 Å². The van der Waals surface area contributed by atoms with Crippen molar-refractivity contribution in [2.75, 3.05) is 0 Å². The Morgan fingerprint density at radius 2 is 2.05 bits per heavy atom. The van der Waals surface area contributed by atoms with Gasteiger partial charge < -0.3 is 4.74 Å². The summed E-state index contributed by atoms with van der Waals surface area (Å²) in [6.07, 6.45) is 0. The zero-order valence-corrected chi connectivity index (χ0v) is 12.9. The van der Waals surface area contributed by atoms with Gasteiger partial charge in [-0.3, -0.25) is 10.1 Å². The molecule has 1 aromatic carbocycles. The molecule has 19 heavy (non-hydrogen) atoms. The normalized spacial score (nSPS) is 10.5. The molecule has 0 bridgehead atoms. The molecule has 0 aliphatic heterocycles. The molecule has 2 aromatic rings. The van der Waals surface area contributed by atoms with Gasteiger partial charge in [-0.2, -0.15) is 0 Å². The van der Waals surface area contributed by atoms with Gasteiger partial charge in [-0.1, -0.05) is 0 Å². The number of thiophene rings is 1. The first-order valence-electron chi connectivity index (χ1n) is 5.60. The molecule has 0 fully saturated rings. The van der Waals surface area contributed by atoms with Crippen LogP contribution in [0, 0.1) is 24.0 Å². The lowest BCUT2D eigenvalue weighted by Gasteiger charge is -2.09. The summed E-state index contributed by atoms with van der Waals surface area (Å²) >= 11 is 5.01. The van der Waals surface area contributed by atoms with Crippen LogP contribution in [0.3, 0.4) is 0 Å². The van der Waals surface area contributed by atoms with Crippen molar-refractivity contribution >= 4 is 33.0 Å². The summed E-state index contributed by atoms with van der Waals surface area (Å²) < 4.78 is 6.78. The van der Waals surface area contributed by atoms with Gasteiger partial charge in [0.05, 0.1) is 8.71 Å². The first kappa shape index (κ1) is 14.0. The van der Waals surface area contributed by atoms with E-state index in [4.69, 9.17) is 4.74 Å². The van der Waals surface area contributed by atoms with Crippen molar-refractivity contribution in [1.82, 2.24) is 0 Å². The summed E-state index contributed by atoms with van der Waals surface area (Å²) in [5.41, 5.74) is 1.51. The van der Waals surface area contributed by atoms with E-state index in [9.17, 15) is 10.1 Å². The molecule has 4 nitrogen and oxygen atoms in total. The molecule has 1 heterocycles. The van der Waals surface area contributed by atoms with Gasteiger partial charge in [0.1, 0.15) is 12.4 Å². The Morgan fingerprint density at radius 1 is 1.32 bits per heavy atom. The van der Waals surface area contributed by atoms with E-state index in [1.165, 1.54) is 0 Å². The van der Waals surface area contributed by atoms with Crippen LogP contribution in [0.15, 0.2) is 28.1 Å². The smallest absolute Gasteiger partial charge is 0.272 e. The van der Waals surface area contributed by atoms with Gasteiger partial charge in [-0.05, 0) is 53.5 Å². The Kier molecular flexibility index (Phi) is 4.21. The molecule has 0 aliphatic carbocycles. The van der Waals surface area contributed by atoms with Gasteiger partial charge in [0.25, 0.3) is 5.69 Å². The highest BCUT2D eigenvalue weighted by atomic mass is 79.9. The maximum absolute atomic E-state index is 10.8. The molecule has 0 radical (unpaired) electrons. The Balaban J connectivity index is 2.17. The van der Waals surface area contributed by atoms with Gasteiger partial charge >= 0.3 is 0 Å². The van der Waals surface area contributed by atoms with Crippen LogP contribution in [0.2, 0.25) is 0 Å². The van der Waals surface area contributed by atoms with Crippen LogP contribution < -0.4 is 4.74 Å². The molecule has 6 heteroatoms. The zero-order valence-electron chi connectivity index (χ0n) is 10.5. The van der Waals surface area contributed by atoms with Gasteiger partial charge in [0.15, 0.2) is 0 Å². The lowest BCUT2D eigenvalue weighted by molar-refractivity contribution is -0.385. The molecule has 0 unspecified atom stereocenters. The summed E-state index contributed by atoms with van der Waals surface area (Å²) in [7, 11) is 0. The molecule has 0 aliphatic rings. The van der Waals surface area contributed by atoms with E-state index in [1.54, 1.807) is 30.4 Å². The van der Waals surface area contributed by atoms with E-state index in [1.807, 2.05) is 19.1 Å². The van der Waals surface area contributed by atoms with Crippen molar-refractivity contribution in [2.45, 2.75) is 20.5 Å². The van der Waals surface area contributed by atoms with Crippen molar-refractivity contribution < 1.29 is 9.66 Å². The minimum Gasteiger partial charge on any atom is -0.488 e. The van der Waals surface area contributed by atoms with Crippen LogP contribution in [0.5, 0.6) is 5.75 Å². The van der Waals surface area contributed by atoms with Crippen LogP contribution in [0.1, 0.15) is 16.0 Å². The third-order valence-corrected chi connectivity index (χ3v) is 4.29. The van der Waals surface area contributed by atoms with Crippen LogP contribution in [0.25, 0.3) is 0 Å². The van der Waals surface area contributed by atoms with E-state index in [0.717, 1.165) is 14.2 Å². The average Bonchev–Trinajstić information content (AvgIpc) is 2.75. The number of aryl methyl sites for hydroxylation is 2. The number of rotatable bonds is 4. The number of halogens is 1. The topological polar surface area (TPSA) is 52.4 Å². The minimum atomic E-state index is -0.373. The van der Waals surface area contributed by atoms with Crippen LogP contribution >= 0.6 is 27.3 Å². The monoisotopic (exact) mass is 341 g/mol. The van der Waals surface area contributed by atoms with E-state index in [0.29, 0.717) is 17.9 Å². The highest BCUT2D eigenvalue weighted by molar-refractivity contribution is 9.11. The van der Waals surface area contributed by atoms with Crippen LogP contribution in [-0.2, 0) is 6.61 Å². The number of nitro benzene ring substituents is 1. The van der Waals surface area contributed by atoms with Crippen LogP contribution in [0.4, 0.5) is 5.69 Å². The Labute approximate surface area is 123 Å².